The lowest BCUT2D eigenvalue weighted by atomic mass is 10.0. The number of hydrogen-bond donors (Lipinski definition) is 1. The molecule has 1 aliphatic rings. The molecular formula is C21H19FN2O2. The molecule has 0 bridgehead atoms. The van der Waals surface area contributed by atoms with Crippen molar-refractivity contribution < 1.29 is 14.3 Å². The highest BCUT2D eigenvalue weighted by Gasteiger charge is 2.24. The molecule has 4 rings (SSSR count). The topological polar surface area (TPSA) is 53.4 Å². The maximum Gasteiger partial charge on any atom is 0.335 e. The second-order valence-corrected chi connectivity index (χ2v) is 6.76. The van der Waals surface area contributed by atoms with Gasteiger partial charge in [-0.3, -0.25) is 0 Å². The molecule has 2 heterocycles. The van der Waals surface area contributed by atoms with Gasteiger partial charge in [0.2, 0.25) is 0 Å². The smallest absolute Gasteiger partial charge is 0.335 e. The van der Waals surface area contributed by atoms with Gasteiger partial charge in [-0.2, -0.15) is 0 Å². The first kappa shape index (κ1) is 16.5. The van der Waals surface area contributed by atoms with Gasteiger partial charge in [-0.15, -0.1) is 0 Å². The van der Waals surface area contributed by atoms with Crippen LogP contribution in [0.4, 0.5) is 10.1 Å². The van der Waals surface area contributed by atoms with Gasteiger partial charge in [-0.05, 0) is 68.3 Å². The Balaban J connectivity index is 1.94. The molecule has 0 unspecified atom stereocenters. The number of benzene rings is 2. The maximum absolute atomic E-state index is 13.4. The number of nitrogens with zero attached hydrogens (tertiary/aromatic N) is 2. The predicted octanol–water partition coefficient (Wildman–Crippen LogP) is 4.73. The van der Waals surface area contributed by atoms with E-state index in [2.05, 4.69) is 11.8 Å². The Morgan fingerprint density at radius 1 is 1.19 bits per heavy atom. The van der Waals surface area contributed by atoms with Crippen molar-refractivity contribution in [3.8, 4) is 11.3 Å². The van der Waals surface area contributed by atoms with E-state index in [0.29, 0.717) is 6.04 Å². The quantitative estimate of drug-likeness (QED) is 0.742. The molecule has 26 heavy (non-hydrogen) atoms. The fraction of sp³-hybridized carbons (Fsp3) is 0.238. The van der Waals surface area contributed by atoms with Gasteiger partial charge in [0.05, 0.1) is 22.5 Å². The Labute approximate surface area is 150 Å². The Hall–Kier alpha value is -2.95. The number of halogens is 1. The summed E-state index contributed by atoms with van der Waals surface area (Å²) in [7, 11) is 0. The minimum atomic E-state index is -0.953. The Morgan fingerprint density at radius 2 is 1.96 bits per heavy atom. The van der Waals surface area contributed by atoms with Crippen molar-refractivity contribution in [2.24, 2.45) is 0 Å². The summed E-state index contributed by atoms with van der Waals surface area (Å²) in [6.07, 6.45) is 2.22. The molecule has 0 saturated carbocycles. The first-order chi connectivity index (χ1) is 12.5. The van der Waals surface area contributed by atoms with Gasteiger partial charge in [0.15, 0.2) is 0 Å². The lowest BCUT2D eigenvalue weighted by Gasteiger charge is -2.26. The number of anilines is 1. The van der Waals surface area contributed by atoms with E-state index in [0.717, 1.165) is 47.2 Å². The Morgan fingerprint density at radius 3 is 2.62 bits per heavy atom. The van der Waals surface area contributed by atoms with E-state index in [1.54, 1.807) is 30.3 Å². The van der Waals surface area contributed by atoms with Crippen LogP contribution in [0.1, 0.15) is 30.1 Å². The van der Waals surface area contributed by atoms with Crippen LogP contribution < -0.4 is 4.90 Å². The summed E-state index contributed by atoms with van der Waals surface area (Å²) < 4.78 is 13.4. The fourth-order valence-electron chi connectivity index (χ4n) is 3.63. The summed E-state index contributed by atoms with van der Waals surface area (Å²) in [6, 6.07) is 13.7. The molecule has 1 atom stereocenters. The predicted molar refractivity (Wildman–Crippen MR) is 100 cm³/mol. The molecule has 3 aromatic rings. The number of carbonyl (C=O) groups is 1. The van der Waals surface area contributed by atoms with Gasteiger partial charge >= 0.3 is 5.97 Å². The van der Waals surface area contributed by atoms with E-state index in [-0.39, 0.29) is 11.4 Å². The molecular weight excluding hydrogens is 331 g/mol. The van der Waals surface area contributed by atoms with Crippen LogP contribution >= 0.6 is 0 Å². The van der Waals surface area contributed by atoms with Crippen molar-refractivity contribution in [2.75, 3.05) is 11.4 Å². The molecule has 4 nitrogen and oxygen atoms in total. The highest BCUT2D eigenvalue weighted by molar-refractivity contribution is 5.96. The monoisotopic (exact) mass is 350 g/mol. The number of fused-ring (bicyclic) bond motifs is 1. The average Bonchev–Trinajstić information content (AvgIpc) is 3.06. The molecule has 1 aliphatic heterocycles. The standard InChI is InChI=1S/C21H19FN2O2/c1-13-3-2-10-24(13)19-12-16-11-15(21(25)26)6-9-18(16)23-20(19)14-4-7-17(22)8-5-14/h4-9,11-13H,2-3,10H2,1H3,(H,25,26)/t13-/m0/s1. The molecule has 1 fully saturated rings. The highest BCUT2D eigenvalue weighted by Crippen LogP contribution is 2.36. The highest BCUT2D eigenvalue weighted by atomic mass is 19.1. The first-order valence-electron chi connectivity index (χ1n) is 8.73. The normalized spacial score (nSPS) is 17.0. The lowest BCUT2D eigenvalue weighted by Crippen LogP contribution is -2.27. The SMILES string of the molecule is C[C@H]1CCCN1c1cc2cc(C(=O)O)ccc2nc1-c1ccc(F)cc1. The van der Waals surface area contributed by atoms with E-state index >= 15 is 0 Å². The number of hydrogen-bond acceptors (Lipinski definition) is 3. The Bertz CT molecular complexity index is 985. The fourth-order valence-corrected chi connectivity index (χ4v) is 3.63. The number of pyridine rings is 1. The summed E-state index contributed by atoms with van der Waals surface area (Å²) in [5.74, 6) is -1.23. The average molecular weight is 350 g/mol. The van der Waals surface area contributed by atoms with Crippen LogP contribution in [0.3, 0.4) is 0 Å². The third-order valence-corrected chi connectivity index (χ3v) is 5.02. The largest absolute Gasteiger partial charge is 0.478 e. The number of carboxylic acid groups (broad SMARTS) is 1. The van der Waals surface area contributed by atoms with Crippen LogP contribution in [-0.2, 0) is 0 Å². The second-order valence-electron chi connectivity index (χ2n) is 6.76. The van der Waals surface area contributed by atoms with Gasteiger partial charge in [-0.1, -0.05) is 0 Å². The zero-order valence-corrected chi connectivity index (χ0v) is 14.4. The van der Waals surface area contributed by atoms with Crippen molar-refractivity contribution in [3.63, 3.8) is 0 Å². The third kappa shape index (κ3) is 2.90. The third-order valence-electron chi connectivity index (χ3n) is 5.02. The molecule has 0 radical (unpaired) electrons. The molecule has 0 amide bonds. The zero-order valence-electron chi connectivity index (χ0n) is 14.4. The van der Waals surface area contributed by atoms with Crippen molar-refractivity contribution in [3.05, 3.63) is 59.9 Å². The van der Waals surface area contributed by atoms with Crippen molar-refractivity contribution >= 4 is 22.6 Å². The van der Waals surface area contributed by atoms with E-state index in [1.165, 1.54) is 12.1 Å². The molecule has 2 aromatic carbocycles. The number of rotatable bonds is 3. The van der Waals surface area contributed by atoms with Crippen LogP contribution in [0.15, 0.2) is 48.5 Å². The van der Waals surface area contributed by atoms with Crippen molar-refractivity contribution in [1.29, 1.82) is 0 Å². The van der Waals surface area contributed by atoms with Gasteiger partial charge in [0.25, 0.3) is 0 Å². The van der Waals surface area contributed by atoms with Gasteiger partial charge in [0, 0.05) is 23.5 Å². The summed E-state index contributed by atoms with van der Waals surface area (Å²) >= 11 is 0. The van der Waals surface area contributed by atoms with Gasteiger partial charge in [-0.25, -0.2) is 14.2 Å². The zero-order chi connectivity index (χ0) is 18.3. The Kier molecular flexibility index (Phi) is 4.07. The first-order valence-corrected chi connectivity index (χ1v) is 8.73. The van der Waals surface area contributed by atoms with E-state index < -0.39 is 5.97 Å². The van der Waals surface area contributed by atoms with Crippen LogP contribution in [0.5, 0.6) is 0 Å². The van der Waals surface area contributed by atoms with E-state index in [1.807, 2.05) is 6.07 Å². The summed E-state index contributed by atoms with van der Waals surface area (Å²) in [5, 5.41) is 10.1. The van der Waals surface area contributed by atoms with E-state index in [9.17, 15) is 14.3 Å². The molecule has 1 aromatic heterocycles. The minimum absolute atomic E-state index is 0.245. The molecule has 1 N–H and O–H groups in total. The minimum Gasteiger partial charge on any atom is -0.478 e. The molecule has 5 heteroatoms. The molecule has 0 aliphatic carbocycles. The van der Waals surface area contributed by atoms with Crippen molar-refractivity contribution in [2.45, 2.75) is 25.8 Å². The van der Waals surface area contributed by atoms with Crippen LogP contribution in [-0.4, -0.2) is 28.6 Å². The molecule has 1 saturated heterocycles. The van der Waals surface area contributed by atoms with Crippen LogP contribution in [0.25, 0.3) is 22.2 Å². The summed E-state index contributed by atoms with van der Waals surface area (Å²) in [4.78, 5) is 18.4. The number of carboxylic acids is 1. The summed E-state index contributed by atoms with van der Waals surface area (Å²) in [5.41, 5.74) is 3.59. The second kappa shape index (κ2) is 6.41. The summed E-state index contributed by atoms with van der Waals surface area (Å²) in [6.45, 7) is 3.11. The maximum atomic E-state index is 13.4. The van der Waals surface area contributed by atoms with Gasteiger partial charge in [0.1, 0.15) is 5.82 Å². The lowest BCUT2D eigenvalue weighted by molar-refractivity contribution is 0.0697. The van der Waals surface area contributed by atoms with Crippen LogP contribution in [0, 0.1) is 5.82 Å². The number of aromatic nitrogens is 1. The molecule has 132 valence electrons. The molecule has 0 spiro atoms. The van der Waals surface area contributed by atoms with Gasteiger partial charge < -0.3 is 10.0 Å². The van der Waals surface area contributed by atoms with E-state index in [4.69, 9.17) is 4.98 Å². The number of aromatic carboxylic acids is 1. The van der Waals surface area contributed by atoms with Crippen LogP contribution in [0.2, 0.25) is 0 Å². The van der Waals surface area contributed by atoms with Crippen molar-refractivity contribution in [1.82, 2.24) is 4.98 Å².